The number of hydrogen-bond donors (Lipinski definition) is 0. The fourth-order valence-electron chi connectivity index (χ4n) is 4.70. The molecule has 0 atom stereocenters. The molecule has 0 aromatic heterocycles. The number of benzene rings is 3. The Balaban J connectivity index is 1.72. The summed E-state index contributed by atoms with van der Waals surface area (Å²) in [6.45, 7) is 8.10. The quantitative estimate of drug-likeness (QED) is 0.186. The minimum Gasteiger partial charge on any atom is -0.465 e. The molecule has 2 heterocycles. The van der Waals surface area contributed by atoms with Crippen molar-refractivity contribution in [3.8, 4) is 0 Å². The van der Waals surface area contributed by atoms with Crippen LogP contribution in [-0.4, -0.2) is 29.4 Å². The first kappa shape index (κ1) is 26.5. The largest absolute Gasteiger partial charge is 0.465 e. The molecule has 2 aliphatic heterocycles. The highest BCUT2D eigenvalue weighted by Crippen LogP contribution is 2.58. The molecule has 4 nitrogen and oxygen atoms in total. The zero-order valence-corrected chi connectivity index (χ0v) is 24.3. The summed E-state index contributed by atoms with van der Waals surface area (Å²) in [5.41, 5.74) is 5.57. The highest BCUT2D eigenvalue weighted by Gasteiger charge is 2.46. The van der Waals surface area contributed by atoms with Crippen molar-refractivity contribution in [1.82, 2.24) is 0 Å². The molecule has 1 amide bonds. The molecule has 7 heteroatoms. The van der Waals surface area contributed by atoms with Gasteiger partial charge in [-0.15, -0.1) is 0 Å². The first-order chi connectivity index (χ1) is 18.1. The maximum atomic E-state index is 13.9. The van der Waals surface area contributed by atoms with Gasteiger partial charge in [-0.25, -0.2) is 4.79 Å². The molecule has 0 saturated heterocycles. The van der Waals surface area contributed by atoms with Gasteiger partial charge >= 0.3 is 5.97 Å². The van der Waals surface area contributed by atoms with Crippen molar-refractivity contribution in [3.05, 3.63) is 110 Å². The van der Waals surface area contributed by atoms with Gasteiger partial charge in [0.15, 0.2) is 0 Å². The van der Waals surface area contributed by atoms with Gasteiger partial charge in [0.1, 0.15) is 4.91 Å². The van der Waals surface area contributed by atoms with Gasteiger partial charge in [-0.3, -0.25) is 9.69 Å². The Kier molecular flexibility index (Phi) is 7.11. The summed E-state index contributed by atoms with van der Waals surface area (Å²) < 4.78 is 6.07. The Hall–Kier alpha value is -3.13. The summed E-state index contributed by atoms with van der Waals surface area (Å²) in [4.78, 5) is 30.7. The van der Waals surface area contributed by atoms with Crippen LogP contribution >= 0.6 is 35.7 Å². The average Bonchev–Trinajstić information content (AvgIpc) is 3.36. The number of carbonyl (C=O) groups excluding carboxylic acids is 2. The number of thioether (sulfide) groups is 2. The molecule has 5 rings (SSSR count). The van der Waals surface area contributed by atoms with E-state index in [-0.39, 0.29) is 11.9 Å². The maximum Gasteiger partial charge on any atom is 0.345 e. The maximum absolute atomic E-state index is 13.9. The molecule has 0 bridgehead atoms. The Labute approximate surface area is 237 Å². The Morgan fingerprint density at radius 2 is 1.50 bits per heavy atom. The number of thiocarbonyl (C=S) groups is 1. The zero-order valence-electron chi connectivity index (χ0n) is 21.8. The third-order valence-electron chi connectivity index (χ3n) is 6.89. The van der Waals surface area contributed by atoms with E-state index in [4.69, 9.17) is 17.0 Å². The van der Waals surface area contributed by atoms with E-state index >= 15 is 0 Å². The third-order valence-corrected chi connectivity index (χ3v) is 10.2. The van der Waals surface area contributed by atoms with Gasteiger partial charge in [-0.2, -0.15) is 0 Å². The topological polar surface area (TPSA) is 46.6 Å². The van der Waals surface area contributed by atoms with Crippen LogP contribution in [-0.2, 0) is 9.53 Å². The molecule has 2 aliphatic rings. The number of fused-ring (bicyclic) bond motifs is 1. The van der Waals surface area contributed by atoms with Crippen molar-refractivity contribution in [1.29, 1.82) is 0 Å². The van der Waals surface area contributed by atoms with Crippen molar-refractivity contribution in [2.45, 2.75) is 33.2 Å². The molecule has 3 aromatic rings. The number of esters is 1. The molecular weight excluding hydrogens is 531 g/mol. The second-order valence-corrected chi connectivity index (χ2v) is 12.4. The van der Waals surface area contributed by atoms with E-state index in [0.29, 0.717) is 15.3 Å². The molecule has 3 aromatic carbocycles. The van der Waals surface area contributed by atoms with Gasteiger partial charge < -0.3 is 4.74 Å². The minimum absolute atomic E-state index is 0.100. The lowest BCUT2D eigenvalue weighted by atomic mass is 9.81. The van der Waals surface area contributed by atoms with E-state index in [2.05, 4.69) is 26.0 Å². The van der Waals surface area contributed by atoms with Gasteiger partial charge in [-0.1, -0.05) is 84.3 Å². The zero-order chi connectivity index (χ0) is 27.2. The molecule has 38 heavy (non-hydrogen) atoms. The molecule has 0 aliphatic carbocycles. The number of carbonyl (C=O) groups is 2. The Bertz CT molecular complexity index is 1540. The number of anilines is 1. The highest BCUT2D eigenvalue weighted by atomic mass is 32.2. The van der Waals surface area contributed by atoms with Crippen LogP contribution in [0, 0.1) is 13.8 Å². The number of aryl methyl sites for hydroxylation is 2. The van der Waals surface area contributed by atoms with E-state index in [1.165, 1.54) is 30.6 Å². The summed E-state index contributed by atoms with van der Waals surface area (Å²) >= 11 is 9.10. The van der Waals surface area contributed by atoms with Crippen molar-refractivity contribution >= 4 is 68.6 Å². The fraction of sp³-hybridized carbons (Fsp3) is 0.194. The molecule has 0 unspecified atom stereocenters. The third kappa shape index (κ3) is 4.42. The number of rotatable bonds is 3. The fourth-order valence-corrected chi connectivity index (χ4v) is 7.86. The number of amides is 1. The van der Waals surface area contributed by atoms with E-state index in [1.54, 1.807) is 0 Å². The number of methoxy groups -OCH3 is 1. The number of nitrogens with zero attached hydrogens (tertiary/aromatic N) is 1. The van der Waals surface area contributed by atoms with Crippen molar-refractivity contribution in [2.75, 3.05) is 12.0 Å². The molecule has 192 valence electrons. The van der Waals surface area contributed by atoms with Gasteiger partial charge in [-0.05, 0) is 68.7 Å². The molecule has 0 N–H and O–H groups in total. The average molecular weight is 558 g/mol. The van der Waals surface area contributed by atoms with Crippen LogP contribution in [0.5, 0.6) is 0 Å². The normalized spacial score (nSPS) is 18.4. The smallest absolute Gasteiger partial charge is 0.345 e. The Morgan fingerprint density at radius 3 is 2.13 bits per heavy atom. The minimum atomic E-state index is -0.790. The summed E-state index contributed by atoms with van der Waals surface area (Å²) in [5.74, 6) is -0.476. The van der Waals surface area contributed by atoms with Crippen LogP contribution in [0.15, 0.2) is 81.9 Å². The summed E-state index contributed by atoms with van der Waals surface area (Å²) in [6.07, 6.45) is 0. The second-order valence-electron chi connectivity index (χ2n) is 9.73. The van der Waals surface area contributed by atoms with Crippen LogP contribution in [0.4, 0.5) is 5.69 Å². The van der Waals surface area contributed by atoms with Crippen molar-refractivity contribution in [3.63, 3.8) is 0 Å². The van der Waals surface area contributed by atoms with Gasteiger partial charge in [0.2, 0.25) is 0 Å². The first-order valence-electron chi connectivity index (χ1n) is 12.2. The lowest BCUT2D eigenvalue weighted by Gasteiger charge is -2.45. The summed E-state index contributed by atoms with van der Waals surface area (Å²) in [7, 11) is 1.40. The van der Waals surface area contributed by atoms with Crippen LogP contribution in [0.3, 0.4) is 0 Å². The van der Waals surface area contributed by atoms with Crippen LogP contribution in [0.2, 0.25) is 0 Å². The first-order valence-corrected chi connectivity index (χ1v) is 14.2. The summed E-state index contributed by atoms with van der Waals surface area (Å²) in [5, 5.41) is 0. The monoisotopic (exact) mass is 557 g/mol. The lowest BCUT2D eigenvalue weighted by molar-refractivity contribution is -0.135. The van der Waals surface area contributed by atoms with Crippen molar-refractivity contribution < 1.29 is 14.3 Å². The molecule has 0 spiro atoms. The second kappa shape index (κ2) is 10.2. The van der Waals surface area contributed by atoms with E-state index in [1.807, 2.05) is 79.4 Å². The van der Waals surface area contributed by atoms with Gasteiger partial charge in [0.25, 0.3) is 5.91 Å². The lowest BCUT2D eigenvalue weighted by Crippen LogP contribution is -2.56. The molecule has 0 radical (unpaired) electrons. The van der Waals surface area contributed by atoms with Crippen LogP contribution in [0.25, 0.3) is 10.5 Å². The van der Waals surface area contributed by atoms with Crippen LogP contribution < -0.4 is 4.90 Å². The standard InChI is InChI=1S/C31H27NO3S3/c1-18-16-22-23(17-19(18)2)32(28(33)21-14-10-7-11-15-21)31(3,4)27(36)24(22)30-37-25(20-12-8-6-9-13-20)26(38-30)29(34)35-5/h6-17H,1-5H3/b30-24-. The number of hydrogen-bond acceptors (Lipinski definition) is 6. The van der Waals surface area contributed by atoms with Crippen molar-refractivity contribution in [2.24, 2.45) is 0 Å². The Morgan fingerprint density at radius 1 is 0.895 bits per heavy atom. The van der Waals surface area contributed by atoms with E-state index in [9.17, 15) is 9.59 Å². The molecule has 0 saturated carbocycles. The predicted octanol–water partition coefficient (Wildman–Crippen LogP) is 7.80. The molecular formula is C31H27NO3S3. The van der Waals surface area contributed by atoms with Gasteiger partial charge in [0, 0.05) is 21.6 Å². The highest BCUT2D eigenvalue weighted by molar-refractivity contribution is 8.32. The molecule has 0 fully saturated rings. The SMILES string of the molecule is COC(=O)C1=C(c2ccccc2)S/C(=C2/C(=S)C(C)(C)N(C(=O)c3ccccc3)c3cc(C)c(C)cc32)S1. The number of ether oxygens (including phenoxy) is 1. The van der Waals surface area contributed by atoms with E-state index in [0.717, 1.165) is 42.7 Å². The van der Waals surface area contributed by atoms with Crippen LogP contribution in [0.1, 0.15) is 46.5 Å². The predicted molar refractivity (Wildman–Crippen MR) is 163 cm³/mol. The van der Waals surface area contributed by atoms with Gasteiger partial charge in [0.05, 0.1) is 27.4 Å². The van der Waals surface area contributed by atoms with E-state index < -0.39 is 5.54 Å². The summed E-state index contributed by atoms with van der Waals surface area (Å²) in [6, 6.07) is 23.3.